The van der Waals surface area contributed by atoms with Crippen LogP contribution in [0.15, 0.2) is 11.6 Å². The summed E-state index contributed by atoms with van der Waals surface area (Å²) in [5, 5.41) is 109. The molecule has 20 heteroatoms. The molecule has 0 aromatic heterocycles. The average Bonchev–Trinajstić information content (AvgIpc) is 3.79. The third kappa shape index (κ3) is 9.30. The van der Waals surface area contributed by atoms with Gasteiger partial charge in [0.15, 0.2) is 30.9 Å². The lowest BCUT2D eigenvalue weighted by atomic mass is 9.47. The molecule has 6 heterocycles. The van der Waals surface area contributed by atoms with E-state index in [9.17, 15) is 51.1 Å². The molecule has 0 aromatic rings. The minimum atomic E-state index is -1.85. The van der Waals surface area contributed by atoms with Crippen molar-refractivity contribution in [3.05, 3.63) is 11.6 Å². The van der Waals surface area contributed by atoms with Gasteiger partial charge in [-0.3, -0.25) is 0 Å². The zero-order chi connectivity index (χ0) is 50.8. The maximum Gasteiger partial charge on any atom is 0.187 e. The van der Waals surface area contributed by atoms with Crippen LogP contribution in [-0.2, 0) is 47.4 Å². The van der Waals surface area contributed by atoms with Crippen LogP contribution in [0.5, 0.6) is 0 Å². The molecule has 10 aliphatic rings. The summed E-state index contributed by atoms with van der Waals surface area (Å²) in [5.41, 5.74) is 1.44. The van der Waals surface area contributed by atoms with Crippen LogP contribution in [0.2, 0.25) is 0 Å². The number of aliphatic hydroxyl groups excluding tert-OH is 10. The molecule has 0 bridgehead atoms. The summed E-state index contributed by atoms with van der Waals surface area (Å²) in [5.74, 6) is 2.46. The first-order chi connectivity index (χ1) is 33.6. The normalized spacial score (nSPS) is 57.6. The van der Waals surface area contributed by atoms with Gasteiger partial charge in [-0.15, -0.1) is 0 Å². The standard InChI is InChI=1S/C51H82O20.CH4/c1-20-10-15-51(62-19-20)21(2)32-30(71-51)17-29-27-9-8-25-16-26(11-13-49(25,6)28(27)12-14-50(29,32)7)66-48-44(70-46-39(59)36(56)34(54)23(4)64-46)41(61)43(31(18-52)67-48)69-47-40(60)37(57)42(24(5)65-47)68-45-38(58)35(55)33(53)22(3)63-45;/h8,20-24,26-48,52-61H,9-19H2,1-7H3;1H4/t20-,21-,22-,23-,24-,26-,27+,28-,29-,30-,31+,32-,33-,34-,35+,36+,37-,38+,39+,40+,41-,42-,43+,44+,45-,46-,47-,48+,49-,50-,51-;/m0./s1. The van der Waals surface area contributed by atoms with Crippen molar-refractivity contribution < 1.29 is 98.4 Å². The van der Waals surface area contributed by atoms with E-state index in [4.69, 9.17) is 47.4 Å². The van der Waals surface area contributed by atoms with Crippen molar-refractivity contribution in [3.63, 3.8) is 0 Å². The molecule has 3 saturated carbocycles. The number of fused-ring (bicyclic) bond motifs is 7. The molecule has 9 fully saturated rings. The molecule has 6 aliphatic heterocycles. The van der Waals surface area contributed by atoms with Gasteiger partial charge in [-0.25, -0.2) is 0 Å². The van der Waals surface area contributed by atoms with Crippen LogP contribution in [0.25, 0.3) is 0 Å². The van der Waals surface area contributed by atoms with Crippen LogP contribution in [0.3, 0.4) is 0 Å². The van der Waals surface area contributed by atoms with E-state index in [0.717, 1.165) is 51.6 Å². The predicted octanol–water partition coefficient (Wildman–Crippen LogP) is 0.730. The molecular weight excluding hydrogens is 945 g/mol. The van der Waals surface area contributed by atoms with Crippen molar-refractivity contribution in [3.8, 4) is 0 Å². The van der Waals surface area contributed by atoms with E-state index in [1.165, 1.54) is 26.3 Å². The Morgan fingerprint density at radius 2 is 1.19 bits per heavy atom. The van der Waals surface area contributed by atoms with Gasteiger partial charge in [-0.2, -0.15) is 0 Å². The van der Waals surface area contributed by atoms with Crippen molar-refractivity contribution in [2.24, 2.45) is 46.3 Å². The predicted molar refractivity (Wildman–Crippen MR) is 251 cm³/mol. The largest absolute Gasteiger partial charge is 0.394 e. The molecule has 414 valence electrons. The summed E-state index contributed by atoms with van der Waals surface area (Å²) in [6, 6.07) is 0. The molecule has 72 heavy (non-hydrogen) atoms. The molecule has 0 unspecified atom stereocenters. The van der Waals surface area contributed by atoms with E-state index in [2.05, 4.69) is 33.8 Å². The Balaban J connectivity index is 0.00000640. The first-order valence-electron chi connectivity index (χ1n) is 26.6. The SMILES string of the molecule is C.C[C@H]1CC[C@]2(OC1)O[C@H]1C[C@H]3[C@@H]4CC=C5C[C@@H](O[C@@H]6O[C@H](CO)[C@@H](O[C@@H]7O[C@@H](C)[C@H](O[C@@H]8O[C@@H](C)[C@H](O)[C@@H](O)[C@H]8O)[C@@H](O)[C@H]7O)[C@H](O)[C@H]6O[C@@H]6O[C@@H](C)[C@H](O)[C@@H](O)[C@H]6O)CC[C@]5(C)[C@H]4CC[C@]3(C)[C@H]1[C@@H]2C. The van der Waals surface area contributed by atoms with Crippen LogP contribution in [0.1, 0.15) is 114 Å². The fourth-order valence-corrected chi connectivity index (χ4v) is 15.4. The molecule has 0 radical (unpaired) electrons. The number of allylic oxidation sites excluding steroid dienone is 1. The molecule has 10 N–H and O–H groups in total. The lowest BCUT2D eigenvalue weighted by Crippen LogP contribution is -2.67. The Morgan fingerprint density at radius 3 is 1.81 bits per heavy atom. The van der Waals surface area contributed by atoms with E-state index in [0.29, 0.717) is 48.3 Å². The zero-order valence-electron chi connectivity index (χ0n) is 42.1. The molecule has 31 atom stereocenters. The third-order valence-corrected chi connectivity index (χ3v) is 19.7. The highest BCUT2D eigenvalue weighted by molar-refractivity contribution is 5.26. The average molecular weight is 1030 g/mol. The monoisotopic (exact) mass is 1030 g/mol. The first-order valence-corrected chi connectivity index (χ1v) is 26.6. The van der Waals surface area contributed by atoms with Crippen LogP contribution >= 0.6 is 0 Å². The maximum atomic E-state index is 12.2. The number of hydrogen-bond donors (Lipinski definition) is 10. The smallest absolute Gasteiger partial charge is 0.187 e. The summed E-state index contributed by atoms with van der Waals surface area (Å²) in [7, 11) is 0. The van der Waals surface area contributed by atoms with Gasteiger partial charge in [-0.05, 0) is 113 Å². The van der Waals surface area contributed by atoms with E-state index in [-0.39, 0.29) is 24.4 Å². The highest BCUT2D eigenvalue weighted by atomic mass is 16.8. The summed E-state index contributed by atoms with van der Waals surface area (Å²) in [6.07, 6.45) is -19.0. The second-order valence-electron chi connectivity index (χ2n) is 23.8. The minimum Gasteiger partial charge on any atom is -0.394 e. The quantitative estimate of drug-likeness (QED) is 0.142. The van der Waals surface area contributed by atoms with Crippen molar-refractivity contribution >= 4 is 0 Å². The summed E-state index contributed by atoms with van der Waals surface area (Å²) in [4.78, 5) is 0. The van der Waals surface area contributed by atoms with Gasteiger partial charge in [0.25, 0.3) is 0 Å². The third-order valence-electron chi connectivity index (χ3n) is 19.7. The van der Waals surface area contributed by atoms with Crippen molar-refractivity contribution in [2.75, 3.05) is 13.2 Å². The van der Waals surface area contributed by atoms with Gasteiger partial charge in [0, 0.05) is 12.3 Å². The van der Waals surface area contributed by atoms with Crippen molar-refractivity contribution in [2.45, 2.75) is 254 Å². The Labute approximate surface area is 423 Å². The van der Waals surface area contributed by atoms with Crippen molar-refractivity contribution in [1.29, 1.82) is 0 Å². The van der Waals surface area contributed by atoms with E-state index in [1.807, 2.05) is 0 Å². The van der Waals surface area contributed by atoms with E-state index >= 15 is 0 Å². The molecule has 10 rings (SSSR count). The van der Waals surface area contributed by atoms with Crippen LogP contribution < -0.4 is 0 Å². The fourth-order valence-electron chi connectivity index (χ4n) is 15.4. The highest BCUT2D eigenvalue weighted by Crippen LogP contribution is 2.71. The lowest BCUT2D eigenvalue weighted by Gasteiger charge is -2.59. The first kappa shape index (κ1) is 55.7. The Hall–Kier alpha value is -1.06. The second kappa shape index (κ2) is 21.0. The molecule has 4 aliphatic carbocycles. The number of aliphatic hydroxyl groups is 10. The van der Waals surface area contributed by atoms with Crippen LogP contribution in [0.4, 0.5) is 0 Å². The molecule has 20 nitrogen and oxygen atoms in total. The number of ether oxygens (including phenoxy) is 10. The van der Waals surface area contributed by atoms with E-state index in [1.54, 1.807) is 0 Å². The molecular formula is C52H86O20. The Morgan fingerprint density at radius 1 is 0.597 bits per heavy atom. The molecule has 1 spiro atoms. The topological polar surface area (TPSA) is 295 Å². The van der Waals surface area contributed by atoms with Crippen LogP contribution in [-0.4, -0.2) is 205 Å². The Kier molecular flexibility index (Phi) is 16.2. The van der Waals surface area contributed by atoms with Gasteiger partial charge in [0.05, 0.1) is 43.7 Å². The molecule has 6 saturated heterocycles. The van der Waals surface area contributed by atoms with Gasteiger partial charge >= 0.3 is 0 Å². The van der Waals surface area contributed by atoms with Gasteiger partial charge in [-0.1, -0.05) is 46.8 Å². The molecule has 0 aromatic carbocycles. The Bertz CT molecular complexity index is 1890. The lowest BCUT2D eigenvalue weighted by molar-refractivity contribution is -0.394. The van der Waals surface area contributed by atoms with Crippen LogP contribution in [0, 0.1) is 46.3 Å². The van der Waals surface area contributed by atoms with Crippen molar-refractivity contribution in [1.82, 2.24) is 0 Å². The summed E-state index contributed by atoms with van der Waals surface area (Å²) in [6.45, 7) is 14.1. The minimum absolute atomic E-state index is 0. The van der Waals surface area contributed by atoms with Gasteiger partial charge in [0.2, 0.25) is 0 Å². The van der Waals surface area contributed by atoms with Gasteiger partial charge < -0.3 is 98.4 Å². The van der Waals surface area contributed by atoms with Gasteiger partial charge in [0.1, 0.15) is 79.4 Å². The number of hydrogen-bond acceptors (Lipinski definition) is 20. The zero-order valence-corrected chi connectivity index (χ0v) is 42.1. The summed E-state index contributed by atoms with van der Waals surface area (Å²) >= 11 is 0. The highest BCUT2D eigenvalue weighted by Gasteiger charge is 2.69. The summed E-state index contributed by atoms with van der Waals surface area (Å²) < 4.78 is 62.2. The second-order valence-corrected chi connectivity index (χ2v) is 23.8. The maximum absolute atomic E-state index is 12.2. The number of rotatable bonds is 9. The molecule has 0 amide bonds. The van der Waals surface area contributed by atoms with E-state index < -0.39 is 141 Å². The fraction of sp³-hybridized carbons (Fsp3) is 0.962.